The van der Waals surface area contributed by atoms with Gasteiger partial charge in [-0.1, -0.05) is 33.6 Å². The second-order valence-corrected chi connectivity index (χ2v) is 4.65. The Kier molecular flexibility index (Phi) is 9.42. The van der Waals surface area contributed by atoms with Gasteiger partial charge in [0.15, 0.2) is 0 Å². The molecule has 2 nitrogen and oxygen atoms in total. The molecule has 1 N–H and O–H groups in total. The fourth-order valence-corrected chi connectivity index (χ4v) is 1.49. The van der Waals surface area contributed by atoms with Gasteiger partial charge >= 0.3 is 0 Å². The Hall–Kier alpha value is -0.0800. The van der Waals surface area contributed by atoms with Crippen LogP contribution in [0.4, 0.5) is 0 Å². The van der Waals surface area contributed by atoms with Crippen molar-refractivity contribution in [3.05, 3.63) is 0 Å². The lowest BCUT2D eigenvalue weighted by atomic mass is 10.1. The third-order valence-corrected chi connectivity index (χ3v) is 2.33. The van der Waals surface area contributed by atoms with E-state index < -0.39 is 0 Å². The minimum absolute atomic E-state index is 0.630. The summed E-state index contributed by atoms with van der Waals surface area (Å²) in [5.74, 6) is 1.48. The summed E-state index contributed by atoms with van der Waals surface area (Å²) < 4.78 is 5.07. The van der Waals surface area contributed by atoms with E-state index in [1.54, 1.807) is 7.11 Å². The van der Waals surface area contributed by atoms with Crippen molar-refractivity contribution in [1.29, 1.82) is 0 Å². The van der Waals surface area contributed by atoms with Crippen LogP contribution >= 0.6 is 0 Å². The van der Waals surface area contributed by atoms with E-state index >= 15 is 0 Å². The summed E-state index contributed by atoms with van der Waals surface area (Å²) >= 11 is 0. The molecule has 0 aromatic rings. The molecule has 0 aliphatic heterocycles. The van der Waals surface area contributed by atoms with Crippen molar-refractivity contribution in [2.45, 2.75) is 40.0 Å². The summed E-state index contributed by atoms with van der Waals surface area (Å²) in [6, 6.07) is 0. The summed E-state index contributed by atoms with van der Waals surface area (Å²) in [4.78, 5) is 0. The van der Waals surface area contributed by atoms with Gasteiger partial charge in [-0.15, -0.1) is 0 Å². The van der Waals surface area contributed by atoms with Crippen molar-refractivity contribution < 1.29 is 4.74 Å². The van der Waals surface area contributed by atoms with E-state index in [4.69, 9.17) is 4.74 Å². The third-order valence-electron chi connectivity index (χ3n) is 2.33. The largest absolute Gasteiger partial charge is 0.384 e. The lowest BCUT2D eigenvalue weighted by molar-refractivity contribution is 0.158. The van der Waals surface area contributed by atoms with Gasteiger partial charge in [-0.3, -0.25) is 0 Å². The number of hydrogen-bond acceptors (Lipinski definition) is 2. The minimum atomic E-state index is 0.630. The molecular weight excluding hydrogens is 174 g/mol. The molecule has 0 bridgehead atoms. The second-order valence-electron chi connectivity index (χ2n) is 4.65. The van der Waals surface area contributed by atoms with Crippen LogP contribution in [0.3, 0.4) is 0 Å². The number of hydrogen-bond donors (Lipinski definition) is 1. The van der Waals surface area contributed by atoms with Gasteiger partial charge in [-0.05, 0) is 31.3 Å². The molecule has 0 aromatic heterocycles. The van der Waals surface area contributed by atoms with Gasteiger partial charge in [0.25, 0.3) is 0 Å². The lowest BCUT2D eigenvalue weighted by Gasteiger charge is -2.11. The van der Waals surface area contributed by atoms with Crippen molar-refractivity contribution in [2.75, 3.05) is 26.8 Å². The maximum atomic E-state index is 5.07. The first-order valence-corrected chi connectivity index (χ1v) is 5.86. The van der Waals surface area contributed by atoms with E-state index in [1.807, 2.05) is 0 Å². The molecule has 2 heteroatoms. The molecule has 0 aromatic carbocycles. The number of nitrogens with one attached hydrogen (secondary N) is 1. The molecule has 86 valence electrons. The van der Waals surface area contributed by atoms with Crippen molar-refractivity contribution in [2.24, 2.45) is 11.8 Å². The second kappa shape index (κ2) is 9.47. The average molecular weight is 201 g/mol. The highest BCUT2D eigenvalue weighted by atomic mass is 16.5. The maximum Gasteiger partial charge on any atom is 0.0499 e. The van der Waals surface area contributed by atoms with Gasteiger partial charge < -0.3 is 10.1 Å². The van der Waals surface area contributed by atoms with Gasteiger partial charge in [0.2, 0.25) is 0 Å². The highest BCUT2D eigenvalue weighted by Crippen LogP contribution is 2.05. The van der Waals surface area contributed by atoms with Crippen LogP contribution in [0.5, 0.6) is 0 Å². The Bertz CT molecular complexity index is 115. The summed E-state index contributed by atoms with van der Waals surface area (Å²) in [5.41, 5.74) is 0. The number of rotatable bonds is 9. The maximum absolute atomic E-state index is 5.07. The van der Waals surface area contributed by atoms with Crippen molar-refractivity contribution in [3.63, 3.8) is 0 Å². The molecular formula is C12H27NO. The molecule has 14 heavy (non-hydrogen) atoms. The van der Waals surface area contributed by atoms with Crippen LogP contribution in [-0.2, 0) is 4.74 Å². The molecule has 0 amide bonds. The Morgan fingerprint density at radius 3 is 2.43 bits per heavy atom. The minimum Gasteiger partial charge on any atom is -0.384 e. The Morgan fingerprint density at radius 2 is 1.86 bits per heavy atom. The predicted molar refractivity (Wildman–Crippen MR) is 62.6 cm³/mol. The first-order chi connectivity index (χ1) is 6.66. The van der Waals surface area contributed by atoms with Crippen LogP contribution in [0.25, 0.3) is 0 Å². The Labute approximate surface area is 89.4 Å². The van der Waals surface area contributed by atoms with Crippen LogP contribution in [0.1, 0.15) is 40.0 Å². The molecule has 0 radical (unpaired) electrons. The summed E-state index contributed by atoms with van der Waals surface area (Å²) in [7, 11) is 1.76. The molecule has 1 atom stereocenters. The highest BCUT2D eigenvalue weighted by molar-refractivity contribution is 4.56. The third kappa shape index (κ3) is 10.0. The zero-order valence-electron chi connectivity index (χ0n) is 10.3. The van der Waals surface area contributed by atoms with E-state index in [2.05, 4.69) is 26.1 Å². The average Bonchev–Trinajstić information content (AvgIpc) is 2.11. The van der Waals surface area contributed by atoms with Gasteiger partial charge in [-0.25, -0.2) is 0 Å². The van der Waals surface area contributed by atoms with E-state index in [0.29, 0.717) is 5.92 Å². The summed E-state index contributed by atoms with van der Waals surface area (Å²) in [6.07, 6.45) is 4.01. The van der Waals surface area contributed by atoms with Gasteiger partial charge in [-0.2, -0.15) is 0 Å². The molecule has 0 aliphatic carbocycles. The Morgan fingerprint density at radius 1 is 1.14 bits per heavy atom. The van der Waals surface area contributed by atoms with Crippen LogP contribution < -0.4 is 5.32 Å². The zero-order valence-corrected chi connectivity index (χ0v) is 10.3. The highest BCUT2D eigenvalue weighted by Gasteiger charge is 1.99. The van der Waals surface area contributed by atoms with Crippen LogP contribution in [0.2, 0.25) is 0 Å². The molecule has 0 rings (SSSR count). The standard InChI is InChI=1S/C12H27NO/c1-11(2)7-5-6-8-13-9-12(3)10-14-4/h11-13H,5-10H2,1-4H3. The van der Waals surface area contributed by atoms with Crippen molar-refractivity contribution in [3.8, 4) is 0 Å². The molecule has 0 spiro atoms. The molecule has 0 heterocycles. The predicted octanol–water partition coefficient (Wildman–Crippen LogP) is 2.68. The summed E-state index contributed by atoms with van der Waals surface area (Å²) in [5, 5.41) is 3.46. The van der Waals surface area contributed by atoms with Crippen LogP contribution in [0.15, 0.2) is 0 Å². The van der Waals surface area contributed by atoms with Crippen molar-refractivity contribution in [1.82, 2.24) is 5.32 Å². The van der Waals surface area contributed by atoms with Gasteiger partial charge in [0.1, 0.15) is 0 Å². The quantitative estimate of drug-likeness (QED) is 0.579. The lowest BCUT2D eigenvalue weighted by Crippen LogP contribution is -2.24. The molecule has 0 aliphatic rings. The summed E-state index contributed by atoms with van der Waals surface area (Å²) in [6.45, 7) is 9.88. The molecule has 0 saturated carbocycles. The number of unbranched alkanes of at least 4 members (excludes halogenated alkanes) is 1. The van der Waals surface area contributed by atoms with Gasteiger partial charge in [0, 0.05) is 13.7 Å². The normalized spacial score (nSPS) is 13.5. The van der Waals surface area contributed by atoms with E-state index in [9.17, 15) is 0 Å². The van der Waals surface area contributed by atoms with E-state index in [1.165, 1.54) is 19.3 Å². The number of ether oxygens (including phenoxy) is 1. The van der Waals surface area contributed by atoms with E-state index in [-0.39, 0.29) is 0 Å². The van der Waals surface area contributed by atoms with Crippen LogP contribution in [0, 0.1) is 11.8 Å². The van der Waals surface area contributed by atoms with Crippen molar-refractivity contribution >= 4 is 0 Å². The molecule has 1 unspecified atom stereocenters. The monoisotopic (exact) mass is 201 g/mol. The number of methoxy groups -OCH3 is 1. The Balaban J connectivity index is 3.05. The van der Waals surface area contributed by atoms with Crippen LogP contribution in [-0.4, -0.2) is 26.8 Å². The fourth-order valence-electron chi connectivity index (χ4n) is 1.49. The van der Waals surface area contributed by atoms with Gasteiger partial charge in [0.05, 0.1) is 0 Å². The topological polar surface area (TPSA) is 21.3 Å². The smallest absolute Gasteiger partial charge is 0.0499 e. The zero-order chi connectivity index (χ0) is 10.8. The SMILES string of the molecule is COCC(C)CNCCCCC(C)C. The molecule has 0 saturated heterocycles. The fraction of sp³-hybridized carbons (Fsp3) is 1.00. The first kappa shape index (κ1) is 13.9. The first-order valence-electron chi connectivity index (χ1n) is 5.86. The van der Waals surface area contributed by atoms with E-state index in [0.717, 1.165) is 25.6 Å². The molecule has 0 fully saturated rings.